The molecule has 0 unspecified atom stereocenters. The van der Waals surface area contributed by atoms with Crippen LogP contribution in [0.25, 0.3) is 10.6 Å². The summed E-state index contributed by atoms with van der Waals surface area (Å²) in [4.78, 5) is 41.1. The Morgan fingerprint density at radius 1 is 1.08 bits per heavy atom. The predicted octanol–water partition coefficient (Wildman–Crippen LogP) is 5.95. The summed E-state index contributed by atoms with van der Waals surface area (Å²) in [7, 11) is 0. The van der Waals surface area contributed by atoms with Crippen molar-refractivity contribution in [2.45, 2.75) is 26.2 Å². The van der Waals surface area contributed by atoms with Crippen molar-refractivity contribution in [2.24, 2.45) is 0 Å². The average molecular weight is 539 g/mol. The van der Waals surface area contributed by atoms with E-state index in [2.05, 4.69) is 44.4 Å². The fourth-order valence-corrected chi connectivity index (χ4v) is 5.09. The highest BCUT2D eigenvalue weighted by atomic mass is 32.1. The summed E-state index contributed by atoms with van der Waals surface area (Å²) in [6.07, 6.45) is 8.48. The number of amides is 2. The Kier molecular flexibility index (Phi) is 8.66. The van der Waals surface area contributed by atoms with Crippen LogP contribution in [0, 0.1) is 0 Å². The summed E-state index contributed by atoms with van der Waals surface area (Å²) in [5.74, 6) is 0.0944. The Morgan fingerprint density at radius 3 is 2.64 bits per heavy atom. The molecule has 0 fully saturated rings. The monoisotopic (exact) mass is 538 g/mol. The molecule has 0 aliphatic rings. The average Bonchev–Trinajstić information content (AvgIpc) is 3.68. The van der Waals surface area contributed by atoms with Gasteiger partial charge in [-0.3, -0.25) is 19.9 Å². The van der Waals surface area contributed by atoms with Crippen LogP contribution >= 0.6 is 34.0 Å². The number of carbonyl (C=O) groups is 2. The van der Waals surface area contributed by atoms with Crippen LogP contribution in [-0.4, -0.2) is 31.8 Å². The highest BCUT2D eigenvalue weighted by Gasteiger charge is 2.14. The summed E-state index contributed by atoms with van der Waals surface area (Å²) in [5, 5.41) is 12.4. The van der Waals surface area contributed by atoms with E-state index in [-0.39, 0.29) is 17.8 Å². The van der Waals surface area contributed by atoms with E-state index in [9.17, 15) is 9.59 Å². The Bertz CT molecular complexity index is 1380. The van der Waals surface area contributed by atoms with Crippen molar-refractivity contribution in [2.75, 3.05) is 10.6 Å². The first-order valence-electron chi connectivity index (χ1n) is 10.8. The van der Waals surface area contributed by atoms with Crippen molar-refractivity contribution in [3.05, 3.63) is 81.5 Å². The molecular formula is C24H22N6O3S3. The number of rotatable bonds is 7. The Morgan fingerprint density at radius 2 is 1.97 bits per heavy atom. The molecule has 0 atom stereocenters. The lowest BCUT2D eigenvalue weighted by Crippen LogP contribution is -2.13. The van der Waals surface area contributed by atoms with Gasteiger partial charge in [-0.2, -0.15) is 11.3 Å². The molecule has 0 aliphatic carbocycles. The van der Waals surface area contributed by atoms with Gasteiger partial charge >= 0.3 is 6.01 Å². The van der Waals surface area contributed by atoms with Crippen LogP contribution in [0.1, 0.15) is 40.7 Å². The molecule has 5 aromatic heterocycles. The molecule has 5 rings (SSSR count). The molecule has 184 valence electrons. The van der Waals surface area contributed by atoms with Gasteiger partial charge in [0, 0.05) is 34.4 Å². The molecule has 5 heterocycles. The van der Waals surface area contributed by atoms with Crippen molar-refractivity contribution < 1.29 is 14.0 Å². The van der Waals surface area contributed by atoms with E-state index in [0.717, 1.165) is 16.1 Å². The smallest absolute Gasteiger partial charge is 0.301 e. The first-order chi connectivity index (χ1) is 17.5. The van der Waals surface area contributed by atoms with Gasteiger partial charge in [0.1, 0.15) is 17.0 Å². The lowest BCUT2D eigenvalue weighted by atomic mass is 10.2. The summed E-state index contributed by atoms with van der Waals surface area (Å²) >= 11 is 4.52. The van der Waals surface area contributed by atoms with E-state index < -0.39 is 0 Å². The van der Waals surface area contributed by atoms with E-state index in [1.165, 1.54) is 28.7 Å². The molecule has 0 saturated carbocycles. The molecule has 0 aliphatic heterocycles. The minimum atomic E-state index is -0.353. The second-order valence-electron chi connectivity index (χ2n) is 7.65. The van der Waals surface area contributed by atoms with Crippen molar-refractivity contribution in [3.8, 4) is 10.6 Å². The minimum absolute atomic E-state index is 0.00643. The number of nitrogens with one attached hydrogen (secondary N) is 2. The SMILES string of the molecule is CC(C)c1cnc(NC(=O)Cc2ccsc2)s1.O=C(Nc1ncco1)c1csc(-c2cccnc2)n1. The van der Waals surface area contributed by atoms with E-state index in [4.69, 9.17) is 4.42 Å². The maximum absolute atomic E-state index is 11.9. The number of nitrogens with zero attached hydrogens (tertiary/aromatic N) is 4. The summed E-state index contributed by atoms with van der Waals surface area (Å²) in [6.45, 7) is 4.23. The quantitative estimate of drug-likeness (QED) is 0.262. The fourth-order valence-electron chi connectivity index (χ4n) is 2.80. The minimum Gasteiger partial charge on any atom is -0.432 e. The molecule has 0 spiro atoms. The van der Waals surface area contributed by atoms with Gasteiger partial charge in [-0.25, -0.2) is 15.0 Å². The van der Waals surface area contributed by atoms with E-state index in [0.29, 0.717) is 23.2 Å². The maximum atomic E-state index is 11.9. The Balaban J connectivity index is 0.000000170. The highest BCUT2D eigenvalue weighted by Crippen LogP contribution is 2.25. The number of hydrogen-bond donors (Lipinski definition) is 2. The first kappa shape index (κ1) is 25.4. The van der Waals surface area contributed by atoms with Crippen molar-refractivity contribution in [3.63, 3.8) is 0 Å². The van der Waals surface area contributed by atoms with Crippen LogP contribution in [0.5, 0.6) is 0 Å². The van der Waals surface area contributed by atoms with E-state index in [1.54, 1.807) is 40.4 Å². The number of carbonyl (C=O) groups excluding carboxylic acids is 2. The van der Waals surface area contributed by atoms with Crippen LogP contribution in [0.4, 0.5) is 11.1 Å². The standard InChI is InChI=1S/C12H8N4O2S.C12H14N2OS2/c17-10(16-12-14-4-5-18-12)9-7-19-11(15-9)8-2-1-3-13-6-8;1-8(2)10-6-13-12(17-10)14-11(15)5-9-3-4-16-7-9/h1-7H,(H,14,16,17);3-4,6-8H,5H2,1-2H3,(H,13,14,15). The van der Waals surface area contributed by atoms with Gasteiger partial charge in [0.25, 0.3) is 5.91 Å². The Labute approximate surface area is 219 Å². The number of hydrogen-bond acceptors (Lipinski definition) is 10. The third-order valence-electron chi connectivity index (χ3n) is 4.58. The molecule has 0 saturated heterocycles. The third kappa shape index (κ3) is 7.13. The number of thiazole rings is 2. The fraction of sp³-hybridized carbons (Fsp3) is 0.167. The van der Waals surface area contributed by atoms with Crippen molar-refractivity contribution in [1.82, 2.24) is 19.9 Å². The zero-order valence-electron chi connectivity index (χ0n) is 19.4. The molecule has 2 amide bonds. The first-order valence-corrected chi connectivity index (χ1v) is 13.4. The van der Waals surface area contributed by atoms with Crippen molar-refractivity contribution in [1.29, 1.82) is 0 Å². The zero-order chi connectivity index (χ0) is 25.3. The lowest BCUT2D eigenvalue weighted by Gasteiger charge is -2.00. The predicted molar refractivity (Wildman–Crippen MR) is 143 cm³/mol. The molecule has 0 bridgehead atoms. The third-order valence-corrected chi connectivity index (χ3v) is 7.42. The number of anilines is 2. The number of oxazole rings is 1. The molecule has 0 radical (unpaired) electrons. The number of aromatic nitrogens is 4. The second-order valence-corrected chi connectivity index (χ2v) is 10.4. The van der Waals surface area contributed by atoms with Gasteiger partial charge in [-0.05, 0) is 40.4 Å². The lowest BCUT2D eigenvalue weighted by molar-refractivity contribution is -0.115. The topological polar surface area (TPSA) is 123 Å². The van der Waals surface area contributed by atoms with Gasteiger partial charge in [-0.1, -0.05) is 13.8 Å². The molecular weight excluding hydrogens is 517 g/mol. The van der Waals surface area contributed by atoms with Gasteiger partial charge < -0.3 is 9.73 Å². The van der Waals surface area contributed by atoms with Crippen LogP contribution < -0.4 is 10.6 Å². The largest absolute Gasteiger partial charge is 0.432 e. The van der Waals surface area contributed by atoms with Crippen LogP contribution in [0.15, 0.2) is 69.8 Å². The summed E-state index contributed by atoms with van der Waals surface area (Å²) < 4.78 is 4.94. The molecule has 5 aromatic rings. The van der Waals surface area contributed by atoms with Crippen LogP contribution in [-0.2, 0) is 11.2 Å². The van der Waals surface area contributed by atoms with E-state index in [1.807, 2.05) is 35.2 Å². The summed E-state index contributed by atoms with van der Waals surface area (Å²) in [6, 6.07) is 5.83. The maximum Gasteiger partial charge on any atom is 0.301 e. The molecule has 36 heavy (non-hydrogen) atoms. The van der Waals surface area contributed by atoms with Gasteiger partial charge in [0.15, 0.2) is 5.13 Å². The number of pyridine rings is 1. The Hall–Kier alpha value is -3.74. The molecule has 12 heteroatoms. The van der Waals surface area contributed by atoms with Crippen LogP contribution in [0.2, 0.25) is 0 Å². The second kappa shape index (κ2) is 12.3. The highest BCUT2D eigenvalue weighted by molar-refractivity contribution is 7.15. The number of thiophene rings is 1. The van der Waals surface area contributed by atoms with Crippen molar-refractivity contribution >= 4 is 57.0 Å². The molecule has 2 N–H and O–H groups in total. The van der Waals surface area contributed by atoms with Gasteiger partial charge in [0.2, 0.25) is 5.91 Å². The normalized spacial score (nSPS) is 10.5. The van der Waals surface area contributed by atoms with Crippen LogP contribution in [0.3, 0.4) is 0 Å². The van der Waals surface area contributed by atoms with Gasteiger partial charge in [-0.15, -0.1) is 22.7 Å². The molecule has 9 nitrogen and oxygen atoms in total. The summed E-state index contributed by atoms with van der Waals surface area (Å²) in [5.41, 5.74) is 2.25. The van der Waals surface area contributed by atoms with Gasteiger partial charge in [0.05, 0.1) is 12.6 Å². The molecule has 0 aromatic carbocycles. The van der Waals surface area contributed by atoms with E-state index >= 15 is 0 Å². The zero-order valence-corrected chi connectivity index (χ0v) is 21.8.